The normalized spacial score (nSPS) is 21.5. The van der Waals surface area contributed by atoms with Gasteiger partial charge in [-0.05, 0) is 49.9 Å². The van der Waals surface area contributed by atoms with Gasteiger partial charge in [-0.25, -0.2) is 4.39 Å². The number of carboxylic acids is 1. The van der Waals surface area contributed by atoms with E-state index in [9.17, 15) is 9.18 Å². The zero-order chi connectivity index (χ0) is 14.0. The zero-order valence-electron chi connectivity index (χ0n) is 11.4. The van der Waals surface area contributed by atoms with Gasteiger partial charge in [-0.15, -0.1) is 0 Å². The highest BCUT2D eigenvalue weighted by Gasteiger charge is 2.28. The number of hydrogen-bond acceptors (Lipinski definition) is 2. The van der Waals surface area contributed by atoms with E-state index in [2.05, 4.69) is 4.90 Å². The first-order chi connectivity index (χ1) is 8.97. The molecule has 0 radical (unpaired) electrons. The summed E-state index contributed by atoms with van der Waals surface area (Å²) in [6.07, 6.45) is 1.14. The third-order valence-electron chi connectivity index (χ3n) is 4.01. The predicted molar refractivity (Wildman–Crippen MR) is 71.5 cm³/mol. The van der Waals surface area contributed by atoms with Crippen LogP contribution < -0.4 is 0 Å². The summed E-state index contributed by atoms with van der Waals surface area (Å²) in [6, 6.07) is 5.47. The first-order valence-electron chi connectivity index (χ1n) is 6.69. The second-order valence-electron chi connectivity index (χ2n) is 5.43. The zero-order valence-corrected chi connectivity index (χ0v) is 11.4. The number of halogens is 1. The van der Waals surface area contributed by atoms with E-state index in [1.54, 1.807) is 19.1 Å². The van der Waals surface area contributed by atoms with Gasteiger partial charge in [0, 0.05) is 19.0 Å². The molecule has 0 aliphatic carbocycles. The fourth-order valence-electron chi connectivity index (χ4n) is 2.71. The van der Waals surface area contributed by atoms with E-state index in [1.165, 1.54) is 0 Å². The van der Waals surface area contributed by atoms with E-state index < -0.39 is 5.97 Å². The smallest absolute Gasteiger partial charge is 0.303 e. The Labute approximate surface area is 113 Å². The second kappa shape index (κ2) is 5.70. The molecule has 2 atom stereocenters. The van der Waals surface area contributed by atoms with Crippen molar-refractivity contribution in [1.29, 1.82) is 0 Å². The molecule has 1 heterocycles. The Morgan fingerprint density at radius 3 is 2.95 bits per heavy atom. The molecular formula is C15H20FNO2. The molecule has 4 heteroatoms. The number of aryl methyl sites for hydroxylation is 1. The van der Waals surface area contributed by atoms with E-state index >= 15 is 0 Å². The van der Waals surface area contributed by atoms with Gasteiger partial charge in [0.1, 0.15) is 5.82 Å². The number of benzene rings is 1. The molecule has 1 fully saturated rings. The van der Waals surface area contributed by atoms with Crippen molar-refractivity contribution >= 4 is 5.97 Å². The molecule has 1 aromatic rings. The van der Waals surface area contributed by atoms with Crippen LogP contribution in [0.2, 0.25) is 0 Å². The van der Waals surface area contributed by atoms with Crippen molar-refractivity contribution in [3.05, 3.63) is 35.1 Å². The first-order valence-corrected chi connectivity index (χ1v) is 6.69. The van der Waals surface area contributed by atoms with Gasteiger partial charge in [0.05, 0.1) is 0 Å². The minimum absolute atomic E-state index is 0.133. The summed E-state index contributed by atoms with van der Waals surface area (Å²) in [7, 11) is 0. The summed E-state index contributed by atoms with van der Waals surface area (Å²) in [6.45, 7) is 5.47. The maximum Gasteiger partial charge on any atom is 0.303 e. The standard InChI is InChI=1S/C15H20FNO2/c1-10-3-4-13(8-14(10)16)11(2)17-6-5-12(9-17)7-15(18)19/h3-4,8,11-12H,5-7,9H2,1-2H3,(H,18,19). The highest BCUT2D eigenvalue weighted by molar-refractivity contribution is 5.67. The number of likely N-dealkylation sites (tertiary alicyclic amines) is 1. The summed E-state index contributed by atoms with van der Waals surface area (Å²) in [5, 5.41) is 8.81. The number of rotatable bonds is 4. The lowest BCUT2D eigenvalue weighted by molar-refractivity contribution is -0.138. The molecule has 0 aromatic heterocycles. The molecular weight excluding hydrogens is 245 g/mol. The minimum Gasteiger partial charge on any atom is -0.481 e. The van der Waals surface area contributed by atoms with Gasteiger partial charge in [0.2, 0.25) is 0 Å². The number of nitrogens with zero attached hydrogens (tertiary/aromatic N) is 1. The van der Waals surface area contributed by atoms with Crippen molar-refractivity contribution in [2.24, 2.45) is 5.92 Å². The molecule has 0 spiro atoms. The Bertz CT molecular complexity index is 475. The maximum absolute atomic E-state index is 13.6. The SMILES string of the molecule is Cc1ccc(C(C)N2CCC(CC(=O)O)C2)cc1F. The maximum atomic E-state index is 13.6. The van der Waals surface area contributed by atoms with Crippen molar-refractivity contribution in [1.82, 2.24) is 4.90 Å². The van der Waals surface area contributed by atoms with Gasteiger partial charge < -0.3 is 5.11 Å². The van der Waals surface area contributed by atoms with Gasteiger partial charge in [-0.1, -0.05) is 12.1 Å². The van der Waals surface area contributed by atoms with Crippen molar-refractivity contribution in [3.8, 4) is 0 Å². The van der Waals surface area contributed by atoms with E-state index in [1.807, 2.05) is 13.0 Å². The number of aliphatic carboxylic acids is 1. The third kappa shape index (κ3) is 3.32. The minimum atomic E-state index is -0.735. The van der Waals surface area contributed by atoms with Crippen LogP contribution in [-0.2, 0) is 4.79 Å². The van der Waals surface area contributed by atoms with Crippen LogP contribution >= 0.6 is 0 Å². The molecule has 0 amide bonds. The summed E-state index contributed by atoms with van der Waals surface area (Å²) >= 11 is 0. The molecule has 1 aliphatic rings. The Morgan fingerprint density at radius 2 is 2.32 bits per heavy atom. The van der Waals surface area contributed by atoms with Gasteiger partial charge in [-0.2, -0.15) is 0 Å². The van der Waals surface area contributed by atoms with Gasteiger partial charge in [0.15, 0.2) is 0 Å². The highest BCUT2D eigenvalue weighted by atomic mass is 19.1. The van der Waals surface area contributed by atoms with Crippen LogP contribution in [0, 0.1) is 18.7 Å². The Balaban J connectivity index is 2.02. The van der Waals surface area contributed by atoms with Crippen molar-refractivity contribution in [2.75, 3.05) is 13.1 Å². The van der Waals surface area contributed by atoms with Gasteiger partial charge >= 0.3 is 5.97 Å². The first kappa shape index (κ1) is 14.0. The van der Waals surface area contributed by atoms with Gasteiger partial charge in [0.25, 0.3) is 0 Å². The van der Waals surface area contributed by atoms with Gasteiger partial charge in [-0.3, -0.25) is 9.69 Å². The second-order valence-corrected chi connectivity index (χ2v) is 5.43. The van der Waals surface area contributed by atoms with E-state index in [0.717, 1.165) is 25.1 Å². The van der Waals surface area contributed by atoms with Crippen LogP contribution in [0.25, 0.3) is 0 Å². The van der Waals surface area contributed by atoms with Crippen LogP contribution in [0.5, 0.6) is 0 Å². The monoisotopic (exact) mass is 265 g/mol. The topological polar surface area (TPSA) is 40.5 Å². The van der Waals surface area contributed by atoms with E-state index in [4.69, 9.17) is 5.11 Å². The Morgan fingerprint density at radius 1 is 1.58 bits per heavy atom. The number of carbonyl (C=O) groups is 1. The summed E-state index contributed by atoms with van der Waals surface area (Å²) in [5.41, 5.74) is 1.61. The molecule has 3 nitrogen and oxygen atoms in total. The molecule has 2 rings (SSSR count). The molecule has 1 N–H and O–H groups in total. The fourth-order valence-corrected chi connectivity index (χ4v) is 2.71. The van der Waals surface area contributed by atoms with Crippen LogP contribution in [0.15, 0.2) is 18.2 Å². The fraction of sp³-hybridized carbons (Fsp3) is 0.533. The lowest BCUT2D eigenvalue weighted by Gasteiger charge is -2.25. The molecule has 0 saturated carbocycles. The van der Waals surface area contributed by atoms with Crippen LogP contribution in [0.1, 0.15) is 36.9 Å². The number of hydrogen-bond donors (Lipinski definition) is 1. The lowest BCUT2D eigenvalue weighted by atomic mass is 10.0. The molecule has 19 heavy (non-hydrogen) atoms. The molecule has 2 unspecified atom stereocenters. The van der Waals surface area contributed by atoms with Crippen LogP contribution in [0.3, 0.4) is 0 Å². The van der Waals surface area contributed by atoms with E-state index in [0.29, 0.717) is 5.56 Å². The highest BCUT2D eigenvalue weighted by Crippen LogP contribution is 2.29. The lowest BCUT2D eigenvalue weighted by Crippen LogP contribution is -2.25. The average molecular weight is 265 g/mol. The van der Waals surface area contributed by atoms with Crippen LogP contribution in [-0.4, -0.2) is 29.1 Å². The summed E-state index contributed by atoms with van der Waals surface area (Å²) in [4.78, 5) is 12.9. The number of carboxylic acid groups (broad SMARTS) is 1. The largest absolute Gasteiger partial charge is 0.481 e. The molecule has 1 saturated heterocycles. The van der Waals surface area contributed by atoms with Crippen molar-refractivity contribution < 1.29 is 14.3 Å². The van der Waals surface area contributed by atoms with E-state index in [-0.39, 0.29) is 24.2 Å². The van der Waals surface area contributed by atoms with Crippen molar-refractivity contribution in [3.63, 3.8) is 0 Å². The van der Waals surface area contributed by atoms with Crippen molar-refractivity contribution in [2.45, 2.75) is 32.7 Å². The predicted octanol–water partition coefficient (Wildman–Crippen LogP) is 2.99. The quantitative estimate of drug-likeness (QED) is 0.909. The molecule has 0 bridgehead atoms. The Kier molecular flexibility index (Phi) is 4.20. The Hall–Kier alpha value is -1.42. The molecule has 104 valence electrons. The van der Waals surface area contributed by atoms with Crippen LogP contribution in [0.4, 0.5) is 4.39 Å². The summed E-state index contributed by atoms with van der Waals surface area (Å²) in [5.74, 6) is -0.693. The molecule has 1 aliphatic heterocycles. The summed E-state index contributed by atoms with van der Waals surface area (Å²) < 4.78 is 13.6. The third-order valence-corrected chi connectivity index (χ3v) is 4.01. The molecule has 1 aromatic carbocycles. The average Bonchev–Trinajstić information content (AvgIpc) is 2.79.